The quantitative estimate of drug-likeness (QED) is 0.885. The number of methoxy groups -OCH3 is 3. The SMILES string of the molecule is CCC1NCC(O)c2c(OC)c(C)c(OC)c(OC)c21. The first-order chi connectivity index (χ1) is 9.60. The summed E-state index contributed by atoms with van der Waals surface area (Å²) in [5, 5.41) is 13.7. The van der Waals surface area contributed by atoms with Crippen molar-refractivity contribution in [1.82, 2.24) is 5.32 Å². The van der Waals surface area contributed by atoms with Crippen molar-refractivity contribution < 1.29 is 19.3 Å². The van der Waals surface area contributed by atoms with Crippen LogP contribution in [0.4, 0.5) is 0 Å². The molecular weight excluding hydrogens is 258 g/mol. The van der Waals surface area contributed by atoms with Crippen LogP contribution in [-0.4, -0.2) is 33.0 Å². The minimum atomic E-state index is -0.610. The van der Waals surface area contributed by atoms with Gasteiger partial charge in [-0.1, -0.05) is 6.92 Å². The summed E-state index contributed by atoms with van der Waals surface area (Å²) in [4.78, 5) is 0. The Morgan fingerprint density at radius 3 is 2.15 bits per heavy atom. The third kappa shape index (κ3) is 2.11. The van der Waals surface area contributed by atoms with Gasteiger partial charge < -0.3 is 24.6 Å². The third-order valence-electron chi connectivity index (χ3n) is 3.93. The molecule has 0 spiro atoms. The summed E-state index contributed by atoms with van der Waals surface area (Å²) < 4.78 is 16.6. The molecule has 0 aromatic heterocycles. The molecule has 5 heteroatoms. The Bertz CT molecular complexity index is 501. The summed E-state index contributed by atoms with van der Waals surface area (Å²) in [6.07, 6.45) is 0.284. The lowest BCUT2D eigenvalue weighted by Crippen LogP contribution is -2.33. The van der Waals surface area contributed by atoms with Crippen LogP contribution < -0.4 is 19.5 Å². The summed E-state index contributed by atoms with van der Waals surface area (Å²) in [5.41, 5.74) is 2.60. The van der Waals surface area contributed by atoms with E-state index in [0.29, 0.717) is 23.8 Å². The van der Waals surface area contributed by atoms with Crippen LogP contribution in [-0.2, 0) is 0 Å². The molecule has 0 saturated heterocycles. The average molecular weight is 281 g/mol. The molecule has 0 amide bonds. The average Bonchev–Trinajstić information content (AvgIpc) is 2.46. The highest BCUT2D eigenvalue weighted by Crippen LogP contribution is 2.50. The Labute approximate surface area is 119 Å². The molecule has 0 radical (unpaired) electrons. The molecule has 0 aliphatic carbocycles. The number of fused-ring (bicyclic) bond motifs is 1. The minimum Gasteiger partial charge on any atom is -0.496 e. The monoisotopic (exact) mass is 281 g/mol. The second-order valence-corrected chi connectivity index (χ2v) is 4.94. The first-order valence-electron chi connectivity index (χ1n) is 6.84. The van der Waals surface area contributed by atoms with Crippen molar-refractivity contribution in [2.24, 2.45) is 0 Å². The van der Waals surface area contributed by atoms with E-state index in [0.717, 1.165) is 23.1 Å². The van der Waals surface area contributed by atoms with Gasteiger partial charge in [-0.15, -0.1) is 0 Å². The van der Waals surface area contributed by atoms with Crippen molar-refractivity contribution in [3.05, 3.63) is 16.7 Å². The standard InChI is InChI=1S/C15H23NO4/c1-6-9-11-12(10(17)7-16-9)13(18-3)8(2)14(19-4)15(11)20-5/h9-10,16-17H,6-7H2,1-5H3. The molecule has 2 atom stereocenters. The van der Waals surface area contributed by atoms with Crippen molar-refractivity contribution in [1.29, 1.82) is 0 Å². The maximum atomic E-state index is 10.4. The molecule has 5 nitrogen and oxygen atoms in total. The maximum Gasteiger partial charge on any atom is 0.167 e. The van der Waals surface area contributed by atoms with Crippen molar-refractivity contribution >= 4 is 0 Å². The van der Waals surface area contributed by atoms with Gasteiger partial charge in [-0.25, -0.2) is 0 Å². The zero-order valence-corrected chi connectivity index (χ0v) is 12.7. The summed E-state index contributed by atoms with van der Waals surface area (Å²) >= 11 is 0. The number of nitrogens with one attached hydrogen (secondary N) is 1. The van der Waals surface area contributed by atoms with Crippen LogP contribution in [0.2, 0.25) is 0 Å². The van der Waals surface area contributed by atoms with Gasteiger partial charge in [0.05, 0.1) is 27.4 Å². The minimum absolute atomic E-state index is 0.117. The largest absolute Gasteiger partial charge is 0.496 e. The predicted molar refractivity (Wildman–Crippen MR) is 76.8 cm³/mol. The fraction of sp³-hybridized carbons (Fsp3) is 0.600. The molecular formula is C15H23NO4. The number of benzene rings is 1. The van der Waals surface area contributed by atoms with E-state index in [2.05, 4.69) is 12.2 Å². The van der Waals surface area contributed by atoms with Gasteiger partial charge in [0.2, 0.25) is 0 Å². The molecule has 1 aliphatic heterocycles. The van der Waals surface area contributed by atoms with E-state index >= 15 is 0 Å². The van der Waals surface area contributed by atoms with E-state index in [1.165, 1.54) is 0 Å². The first kappa shape index (κ1) is 14.9. The molecule has 0 fully saturated rings. The summed E-state index contributed by atoms with van der Waals surface area (Å²) in [6.45, 7) is 4.52. The van der Waals surface area contributed by atoms with E-state index in [4.69, 9.17) is 14.2 Å². The molecule has 0 saturated carbocycles. The molecule has 2 unspecified atom stereocenters. The van der Waals surface area contributed by atoms with E-state index in [1.54, 1.807) is 21.3 Å². The van der Waals surface area contributed by atoms with Crippen LogP contribution in [0.3, 0.4) is 0 Å². The number of hydrogen-bond donors (Lipinski definition) is 2. The van der Waals surface area contributed by atoms with E-state index in [1.807, 2.05) is 6.92 Å². The molecule has 2 rings (SSSR count). The fourth-order valence-electron chi connectivity index (χ4n) is 3.04. The normalized spacial score (nSPS) is 21.3. The Balaban J connectivity index is 2.82. The van der Waals surface area contributed by atoms with Crippen LogP contribution in [0, 0.1) is 6.92 Å². The van der Waals surface area contributed by atoms with E-state index in [9.17, 15) is 5.11 Å². The highest BCUT2D eigenvalue weighted by Gasteiger charge is 2.34. The molecule has 2 N–H and O–H groups in total. The summed E-state index contributed by atoms with van der Waals surface area (Å²) in [6, 6.07) is 0.117. The number of β-amino-alcohol motifs (C(OH)–C–C–N with tert-alkyl or cyclic N) is 1. The lowest BCUT2D eigenvalue weighted by Gasteiger charge is -2.34. The van der Waals surface area contributed by atoms with Gasteiger partial charge in [0.15, 0.2) is 11.5 Å². The van der Waals surface area contributed by atoms with Crippen molar-refractivity contribution in [2.75, 3.05) is 27.9 Å². The molecule has 1 aromatic rings. The Kier molecular flexibility index (Phi) is 4.40. The molecule has 20 heavy (non-hydrogen) atoms. The fourth-order valence-corrected chi connectivity index (χ4v) is 3.04. The summed E-state index contributed by atoms with van der Waals surface area (Å²) in [5.74, 6) is 2.03. The number of rotatable bonds is 4. The zero-order valence-electron chi connectivity index (χ0n) is 12.7. The molecule has 112 valence electrons. The van der Waals surface area contributed by atoms with Crippen LogP contribution in [0.5, 0.6) is 17.2 Å². The third-order valence-corrected chi connectivity index (χ3v) is 3.93. The lowest BCUT2D eigenvalue weighted by molar-refractivity contribution is 0.149. The second kappa shape index (κ2) is 5.89. The number of aliphatic hydroxyl groups excluding tert-OH is 1. The molecule has 0 bridgehead atoms. The van der Waals surface area contributed by atoms with Gasteiger partial charge in [-0.05, 0) is 13.3 Å². The first-order valence-corrected chi connectivity index (χ1v) is 6.84. The van der Waals surface area contributed by atoms with Gasteiger partial charge in [0.1, 0.15) is 5.75 Å². The molecule has 1 aliphatic rings. The number of aliphatic hydroxyl groups is 1. The zero-order chi connectivity index (χ0) is 14.9. The van der Waals surface area contributed by atoms with Gasteiger partial charge in [0, 0.05) is 29.3 Å². The van der Waals surface area contributed by atoms with Crippen LogP contribution in [0.25, 0.3) is 0 Å². The van der Waals surface area contributed by atoms with Crippen LogP contribution in [0.1, 0.15) is 42.2 Å². The summed E-state index contributed by atoms with van der Waals surface area (Å²) in [7, 11) is 4.85. The van der Waals surface area contributed by atoms with E-state index < -0.39 is 6.10 Å². The topological polar surface area (TPSA) is 60.0 Å². The van der Waals surface area contributed by atoms with Gasteiger partial charge in [-0.2, -0.15) is 0 Å². The van der Waals surface area contributed by atoms with Gasteiger partial charge >= 0.3 is 0 Å². The van der Waals surface area contributed by atoms with Gasteiger partial charge in [-0.3, -0.25) is 0 Å². The van der Waals surface area contributed by atoms with Gasteiger partial charge in [0.25, 0.3) is 0 Å². The Hall–Kier alpha value is -1.46. The smallest absolute Gasteiger partial charge is 0.167 e. The molecule has 1 heterocycles. The number of ether oxygens (including phenoxy) is 3. The maximum absolute atomic E-state index is 10.4. The van der Waals surface area contributed by atoms with Crippen LogP contribution >= 0.6 is 0 Å². The van der Waals surface area contributed by atoms with Crippen molar-refractivity contribution in [3.8, 4) is 17.2 Å². The number of hydrogen-bond acceptors (Lipinski definition) is 5. The lowest BCUT2D eigenvalue weighted by atomic mass is 9.87. The van der Waals surface area contributed by atoms with E-state index in [-0.39, 0.29) is 6.04 Å². The Morgan fingerprint density at radius 2 is 1.65 bits per heavy atom. The second-order valence-electron chi connectivity index (χ2n) is 4.94. The Morgan fingerprint density at radius 1 is 1.05 bits per heavy atom. The molecule has 1 aromatic carbocycles. The van der Waals surface area contributed by atoms with Crippen LogP contribution in [0.15, 0.2) is 0 Å². The van der Waals surface area contributed by atoms with Crippen molar-refractivity contribution in [3.63, 3.8) is 0 Å². The predicted octanol–water partition coefficient (Wildman–Crippen LogP) is 2.11. The highest BCUT2D eigenvalue weighted by atomic mass is 16.5. The highest BCUT2D eigenvalue weighted by molar-refractivity contribution is 5.65. The van der Waals surface area contributed by atoms with Crippen molar-refractivity contribution in [2.45, 2.75) is 32.4 Å².